The maximum Gasteiger partial charge on any atom is 0.257 e. The van der Waals surface area contributed by atoms with E-state index in [0.29, 0.717) is 11.6 Å². The normalized spacial score (nSPS) is 10.7. The van der Waals surface area contributed by atoms with E-state index in [0.717, 1.165) is 11.1 Å². The van der Waals surface area contributed by atoms with E-state index < -0.39 is 0 Å². The molecule has 0 spiro atoms. The second-order valence-electron chi connectivity index (χ2n) is 5.12. The number of hydrogen-bond acceptors (Lipinski definition) is 5. The first-order valence-corrected chi connectivity index (χ1v) is 7.41. The SMILES string of the molecule is Oc1ccnn1-c1nc(-c2ccccc2)nc(-c2ccccc2)n1. The molecule has 0 atom stereocenters. The van der Waals surface area contributed by atoms with Crippen LogP contribution in [0.3, 0.4) is 0 Å². The number of nitrogens with zero attached hydrogens (tertiary/aromatic N) is 5. The predicted octanol–water partition coefficient (Wildman–Crippen LogP) is 3.10. The van der Waals surface area contributed by atoms with Crippen molar-refractivity contribution >= 4 is 0 Å². The van der Waals surface area contributed by atoms with Gasteiger partial charge in [-0.05, 0) is 0 Å². The van der Waals surface area contributed by atoms with Crippen molar-refractivity contribution in [1.82, 2.24) is 24.7 Å². The molecule has 2 heterocycles. The molecule has 0 bridgehead atoms. The maximum absolute atomic E-state index is 9.93. The fourth-order valence-corrected chi connectivity index (χ4v) is 2.34. The largest absolute Gasteiger partial charge is 0.493 e. The summed E-state index contributed by atoms with van der Waals surface area (Å²) in [6.45, 7) is 0. The van der Waals surface area contributed by atoms with Crippen LogP contribution in [0.25, 0.3) is 28.7 Å². The van der Waals surface area contributed by atoms with E-state index in [2.05, 4.69) is 20.1 Å². The van der Waals surface area contributed by atoms with Gasteiger partial charge in [-0.2, -0.15) is 19.7 Å². The Bertz CT molecular complexity index is 909. The second-order valence-corrected chi connectivity index (χ2v) is 5.12. The van der Waals surface area contributed by atoms with Crippen LogP contribution in [-0.2, 0) is 0 Å². The zero-order chi connectivity index (χ0) is 16.4. The molecule has 6 nitrogen and oxygen atoms in total. The summed E-state index contributed by atoms with van der Waals surface area (Å²) < 4.78 is 1.28. The standard InChI is InChI=1S/C18H13N5O/c24-15-11-12-19-23(15)18-21-16(13-7-3-1-4-8-13)20-17(22-18)14-9-5-2-6-10-14/h1-12,24H. The van der Waals surface area contributed by atoms with E-state index in [9.17, 15) is 5.11 Å². The first kappa shape index (κ1) is 14.1. The fraction of sp³-hybridized carbons (Fsp3) is 0. The van der Waals surface area contributed by atoms with Gasteiger partial charge in [0.15, 0.2) is 11.6 Å². The van der Waals surface area contributed by atoms with Crippen molar-refractivity contribution in [3.63, 3.8) is 0 Å². The van der Waals surface area contributed by atoms with Gasteiger partial charge in [-0.3, -0.25) is 0 Å². The molecule has 116 valence electrons. The van der Waals surface area contributed by atoms with Crippen LogP contribution >= 0.6 is 0 Å². The number of benzene rings is 2. The molecule has 0 saturated carbocycles. The smallest absolute Gasteiger partial charge is 0.257 e. The van der Waals surface area contributed by atoms with Gasteiger partial charge in [0.25, 0.3) is 5.95 Å². The van der Waals surface area contributed by atoms with Crippen LogP contribution in [0, 0.1) is 0 Å². The Labute approximate surface area is 138 Å². The molecule has 4 aromatic rings. The fourth-order valence-electron chi connectivity index (χ4n) is 2.34. The molecule has 0 unspecified atom stereocenters. The molecule has 0 fully saturated rings. The monoisotopic (exact) mass is 315 g/mol. The highest BCUT2D eigenvalue weighted by Gasteiger charge is 2.13. The summed E-state index contributed by atoms with van der Waals surface area (Å²) >= 11 is 0. The molecular formula is C18H13N5O. The van der Waals surface area contributed by atoms with Crippen LogP contribution in [0.1, 0.15) is 0 Å². The Kier molecular flexibility index (Phi) is 3.47. The molecule has 0 aliphatic carbocycles. The van der Waals surface area contributed by atoms with Crippen molar-refractivity contribution in [2.45, 2.75) is 0 Å². The van der Waals surface area contributed by atoms with Gasteiger partial charge in [0, 0.05) is 17.2 Å². The van der Waals surface area contributed by atoms with Crippen LogP contribution in [-0.4, -0.2) is 29.8 Å². The summed E-state index contributed by atoms with van der Waals surface area (Å²) in [4.78, 5) is 13.5. The average molecular weight is 315 g/mol. The van der Waals surface area contributed by atoms with Crippen molar-refractivity contribution in [2.24, 2.45) is 0 Å². The van der Waals surface area contributed by atoms with Gasteiger partial charge in [0.05, 0.1) is 6.20 Å². The van der Waals surface area contributed by atoms with Gasteiger partial charge in [0.2, 0.25) is 5.88 Å². The van der Waals surface area contributed by atoms with Gasteiger partial charge in [0.1, 0.15) is 0 Å². The molecule has 0 saturated heterocycles. The third-order valence-electron chi connectivity index (χ3n) is 3.50. The second kappa shape index (κ2) is 5.92. The Morgan fingerprint density at radius 2 is 1.21 bits per heavy atom. The lowest BCUT2D eigenvalue weighted by Gasteiger charge is -2.08. The quantitative estimate of drug-likeness (QED) is 0.628. The van der Waals surface area contributed by atoms with Gasteiger partial charge in [-0.15, -0.1) is 0 Å². The van der Waals surface area contributed by atoms with Crippen molar-refractivity contribution in [3.05, 3.63) is 72.9 Å². The van der Waals surface area contributed by atoms with Crippen LogP contribution < -0.4 is 0 Å². The maximum atomic E-state index is 9.93. The lowest BCUT2D eigenvalue weighted by atomic mass is 10.2. The zero-order valence-corrected chi connectivity index (χ0v) is 12.6. The van der Waals surface area contributed by atoms with E-state index >= 15 is 0 Å². The Morgan fingerprint density at radius 3 is 1.67 bits per heavy atom. The minimum Gasteiger partial charge on any atom is -0.493 e. The van der Waals surface area contributed by atoms with Crippen molar-refractivity contribution < 1.29 is 5.11 Å². The zero-order valence-electron chi connectivity index (χ0n) is 12.6. The summed E-state index contributed by atoms with van der Waals surface area (Å²) in [7, 11) is 0. The van der Waals surface area contributed by atoms with Crippen LogP contribution in [0.4, 0.5) is 0 Å². The van der Waals surface area contributed by atoms with E-state index in [4.69, 9.17) is 0 Å². The number of rotatable bonds is 3. The Hall–Kier alpha value is -3.54. The first-order chi connectivity index (χ1) is 11.8. The first-order valence-electron chi connectivity index (χ1n) is 7.41. The highest BCUT2D eigenvalue weighted by atomic mass is 16.3. The van der Waals surface area contributed by atoms with Crippen LogP contribution in [0.15, 0.2) is 72.9 Å². The molecule has 0 aliphatic rings. The topological polar surface area (TPSA) is 76.7 Å². The third kappa shape index (κ3) is 2.61. The number of hydrogen-bond donors (Lipinski definition) is 1. The lowest BCUT2D eigenvalue weighted by molar-refractivity contribution is 0.430. The minimum atomic E-state index is -0.0285. The molecule has 2 aromatic carbocycles. The van der Waals surface area contributed by atoms with E-state index in [1.807, 2.05) is 60.7 Å². The highest BCUT2D eigenvalue weighted by molar-refractivity contribution is 5.61. The van der Waals surface area contributed by atoms with E-state index in [1.165, 1.54) is 16.9 Å². The van der Waals surface area contributed by atoms with Gasteiger partial charge in [-0.25, -0.2) is 4.98 Å². The molecule has 0 aliphatic heterocycles. The summed E-state index contributed by atoms with van der Waals surface area (Å²) in [6.07, 6.45) is 1.49. The lowest BCUT2D eigenvalue weighted by Crippen LogP contribution is -2.07. The van der Waals surface area contributed by atoms with Gasteiger partial charge in [-0.1, -0.05) is 60.7 Å². The van der Waals surface area contributed by atoms with Crippen molar-refractivity contribution in [2.75, 3.05) is 0 Å². The molecule has 0 radical (unpaired) electrons. The molecule has 4 rings (SSSR count). The molecular weight excluding hydrogens is 302 g/mol. The Morgan fingerprint density at radius 1 is 0.667 bits per heavy atom. The highest BCUT2D eigenvalue weighted by Crippen LogP contribution is 2.22. The number of aromatic hydroxyl groups is 1. The summed E-state index contributed by atoms with van der Waals surface area (Å²) in [5.74, 6) is 1.29. The third-order valence-corrected chi connectivity index (χ3v) is 3.50. The summed E-state index contributed by atoms with van der Waals surface area (Å²) in [6, 6.07) is 20.7. The average Bonchev–Trinajstić information content (AvgIpc) is 3.09. The van der Waals surface area contributed by atoms with E-state index in [-0.39, 0.29) is 11.8 Å². The minimum absolute atomic E-state index is 0.0285. The molecule has 24 heavy (non-hydrogen) atoms. The van der Waals surface area contributed by atoms with Crippen LogP contribution in [0.2, 0.25) is 0 Å². The predicted molar refractivity (Wildman–Crippen MR) is 89.5 cm³/mol. The summed E-state index contributed by atoms with van der Waals surface area (Å²) in [5.41, 5.74) is 1.73. The van der Waals surface area contributed by atoms with Crippen molar-refractivity contribution in [1.29, 1.82) is 0 Å². The Balaban J connectivity index is 1.93. The van der Waals surface area contributed by atoms with Gasteiger partial charge < -0.3 is 5.11 Å². The molecule has 2 aromatic heterocycles. The number of aromatic nitrogens is 5. The summed E-state index contributed by atoms with van der Waals surface area (Å²) in [5, 5.41) is 14.0. The van der Waals surface area contributed by atoms with Crippen molar-refractivity contribution in [3.8, 4) is 34.6 Å². The van der Waals surface area contributed by atoms with Gasteiger partial charge >= 0.3 is 0 Å². The van der Waals surface area contributed by atoms with E-state index in [1.54, 1.807) is 0 Å². The van der Waals surface area contributed by atoms with Crippen LogP contribution in [0.5, 0.6) is 5.88 Å². The molecule has 0 amide bonds. The molecule has 6 heteroatoms. The molecule has 1 N–H and O–H groups in total.